The lowest BCUT2D eigenvalue weighted by Gasteiger charge is -2.23. The number of hydrogen-bond acceptors (Lipinski definition) is 2. The average Bonchev–Trinajstić information content (AvgIpc) is 2.41. The van der Waals surface area contributed by atoms with Gasteiger partial charge in [-0.05, 0) is 0 Å². The van der Waals surface area contributed by atoms with Crippen LogP contribution in [0.4, 0.5) is 0 Å². The van der Waals surface area contributed by atoms with E-state index in [2.05, 4.69) is 5.16 Å². The van der Waals surface area contributed by atoms with Crippen molar-refractivity contribution < 1.29 is 4.57 Å². The van der Waals surface area contributed by atoms with Crippen LogP contribution in [0.2, 0.25) is 0 Å². The summed E-state index contributed by atoms with van der Waals surface area (Å²) in [4.78, 5) is 0. The molecule has 3 heteroatoms. The lowest BCUT2D eigenvalue weighted by atomic mass is 9.92. The van der Waals surface area contributed by atoms with Gasteiger partial charge < -0.3 is 10.4 Å². The van der Waals surface area contributed by atoms with Crippen molar-refractivity contribution in [1.82, 2.24) is 0 Å². The van der Waals surface area contributed by atoms with E-state index >= 15 is 0 Å². The first-order valence-electron chi connectivity index (χ1n) is 5.89. The number of hydrogen-bond donors (Lipinski definition) is 0. The summed E-state index contributed by atoms with van der Waals surface area (Å²) in [5, 5.41) is 14.5. The van der Waals surface area contributed by atoms with Crippen molar-refractivity contribution in [2.75, 3.05) is 0 Å². The summed E-state index contributed by atoms with van der Waals surface area (Å²) in [6, 6.07) is 15.4. The Hall–Kier alpha value is -2.16. The fraction of sp³-hybridized carbons (Fsp3) is 0.200. The second-order valence-corrected chi connectivity index (χ2v) is 4.65. The Balaban J connectivity index is 2.46. The summed E-state index contributed by atoms with van der Waals surface area (Å²) >= 11 is 0. The van der Waals surface area contributed by atoms with Crippen LogP contribution in [0.5, 0.6) is 0 Å². The van der Waals surface area contributed by atoms with Crippen molar-refractivity contribution in [1.29, 1.82) is 0 Å². The minimum absolute atomic E-state index is 0.482. The number of aromatic nitrogens is 1. The van der Waals surface area contributed by atoms with Gasteiger partial charge in [0, 0.05) is 31.5 Å². The van der Waals surface area contributed by atoms with E-state index in [0.29, 0.717) is 5.71 Å². The molecule has 0 saturated heterocycles. The van der Waals surface area contributed by atoms with Gasteiger partial charge in [0.2, 0.25) is 5.54 Å². The molecular weight excluding hydrogens is 224 g/mol. The zero-order valence-corrected chi connectivity index (χ0v) is 10.6. The highest BCUT2D eigenvalue weighted by molar-refractivity contribution is 6.04. The third kappa shape index (κ3) is 2.25. The number of nitrogens with zero attached hydrogens (tertiary/aromatic N) is 2. The highest BCUT2D eigenvalue weighted by Crippen LogP contribution is 2.16. The molecule has 18 heavy (non-hydrogen) atoms. The van der Waals surface area contributed by atoms with Gasteiger partial charge in [0.15, 0.2) is 12.4 Å². The molecule has 1 heterocycles. The number of benzene rings is 1. The Labute approximate surface area is 107 Å². The largest absolute Gasteiger partial charge is 0.792 e. The Morgan fingerprint density at radius 3 is 2.11 bits per heavy atom. The van der Waals surface area contributed by atoms with E-state index in [9.17, 15) is 5.21 Å². The zero-order chi connectivity index (χ0) is 13.0. The molecule has 3 nitrogen and oxygen atoms in total. The van der Waals surface area contributed by atoms with Crippen molar-refractivity contribution in [2.24, 2.45) is 5.16 Å². The number of rotatable bonds is 3. The maximum Gasteiger partial charge on any atom is 0.204 e. The van der Waals surface area contributed by atoms with Crippen molar-refractivity contribution in [3.05, 3.63) is 71.7 Å². The first kappa shape index (κ1) is 12.3. The summed E-state index contributed by atoms with van der Waals surface area (Å²) in [5.41, 5.74) is 0.901. The monoisotopic (exact) mass is 240 g/mol. The van der Waals surface area contributed by atoms with Gasteiger partial charge >= 0.3 is 0 Å². The van der Waals surface area contributed by atoms with Gasteiger partial charge in [-0.25, -0.2) is 0 Å². The van der Waals surface area contributed by atoms with E-state index < -0.39 is 5.54 Å². The SMILES string of the molecule is CC(C)(/C(=N/[O-])c1ccccc1)[n+]1ccccc1. The molecule has 2 aromatic rings. The molecular formula is C15H16N2O. The van der Waals surface area contributed by atoms with Crippen LogP contribution in [-0.4, -0.2) is 5.71 Å². The molecule has 0 radical (unpaired) electrons. The van der Waals surface area contributed by atoms with Crippen LogP contribution < -0.4 is 4.57 Å². The molecule has 92 valence electrons. The number of pyridine rings is 1. The fourth-order valence-electron chi connectivity index (χ4n) is 2.01. The molecule has 0 aliphatic rings. The molecule has 0 fully saturated rings. The summed E-state index contributed by atoms with van der Waals surface area (Å²) in [6.07, 6.45) is 3.88. The lowest BCUT2D eigenvalue weighted by Crippen LogP contribution is -2.57. The average molecular weight is 240 g/mol. The van der Waals surface area contributed by atoms with Gasteiger partial charge in [0.25, 0.3) is 0 Å². The van der Waals surface area contributed by atoms with Gasteiger partial charge in [0.05, 0.1) is 0 Å². The molecule has 1 aromatic carbocycles. The molecule has 0 saturated carbocycles. The summed E-state index contributed by atoms with van der Waals surface area (Å²) in [5.74, 6) is 0. The molecule has 0 spiro atoms. The molecule has 0 amide bonds. The van der Waals surface area contributed by atoms with Crippen molar-refractivity contribution in [3.63, 3.8) is 0 Å². The Morgan fingerprint density at radius 1 is 1.00 bits per heavy atom. The van der Waals surface area contributed by atoms with E-state index in [1.165, 1.54) is 0 Å². The van der Waals surface area contributed by atoms with E-state index in [1.54, 1.807) is 0 Å². The standard InChI is InChI=1S/C15H16N2O/c1-15(2,17-11-7-4-8-12-17)14(16-18)13-9-5-3-6-10-13/h3-12H,1-2H3/b16-14+. The van der Waals surface area contributed by atoms with Gasteiger partial charge in [-0.2, -0.15) is 4.57 Å². The normalized spacial score (nSPS) is 12.4. The maximum atomic E-state index is 11.2. The second-order valence-electron chi connectivity index (χ2n) is 4.65. The van der Waals surface area contributed by atoms with Crippen LogP contribution >= 0.6 is 0 Å². The molecule has 0 bridgehead atoms. The van der Waals surface area contributed by atoms with Crippen LogP contribution in [0.15, 0.2) is 66.1 Å². The van der Waals surface area contributed by atoms with Crippen LogP contribution in [0, 0.1) is 5.21 Å². The van der Waals surface area contributed by atoms with Gasteiger partial charge in [-0.3, -0.25) is 0 Å². The van der Waals surface area contributed by atoms with Gasteiger partial charge in [0.1, 0.15) is 5.71 Å². The lowest BCUT2D eigenvalue weighted by molar-refractivity contribution is -0.738. The first-order valence-corrected chi connectivity index (χ1v) is 5.89. The smallest absolute Gasteiger partial charge is 0.204 e. The molecule has 0 unspecified atom stereocenters. The Kier molecular flexibility index (Phi) is 3.42. The Bertz CT molecular complexity index is 533. The second kappa shape index (κ2) is 5.00. The van der Waals surface area contributed by atoms with E-state index in [0.717, 1.165) is 5.56 Å². The summed E-state index contributed by atoms with van der Waals surface area (Å²) in [6.45, 7) is 3.97. The molecule has 0 aliphatic heterocycles. The predicted molar refractivity (Wildman–Crippen MR) is 72.3 cm³/mol. The molecule has 2 rings (SSSR count). The van der Waals surface area contributed by atoms with Crippen LogP contribution in [0.3, 0.4) is 0 Å². The molecule has 1 aromatic heterocycles. The third-order valence-corrected chi connectivity index (χ3v) is 3.08. The fourth-order valence-corrected chi connectivity index (χ4v) is 2.01. The highest BCUT2D eigenvalue weighted by Gasteiger charge is 2.34. The molecule has 0 N–H and O–H groups in total. The Morgan fingerprint density at radius 2 is 1.56 bits per heavy atom. The summed E-state index contributed by atoms with van der Waals surface area (Å²) < 4.78 is 1.98. The highest BCUT2D eigenvalue weighted by atomic mass is 16.4. The van der Waals surface area contributed by atoms with Crippen LogP contribution in [0.1, 0.15) is 19.4 Å². The van der Waals surface area contributed by atoms with E-state index in [-0.39, 0.29) is 0 Å². The van der Waals surface area contributed by atoms with E-state index in [4.69, 9.17) is 0 Å². The minimum Gasteiger partial charge on any atom is -0.792 e. The quantitative estimate of drug-likeness (QED) is 0.462. The van der Waals surface area contributed by atoms with Gasteiger partial charge in [-0.1, -0.05) is 36.4 Å². The third-order valence-electron chi connectivity index (χ3n) is 3.08. The maximum absolute atomic E-state index is 11.2. The molecule has 0 atom stereocenters. The van der Waals surface area contributed by atoms with E-state index in [1.807, 2.05) is 79.3 Å². The van der Waals surface area contributed by atoms with Crippen molar-refractivity contribution in [2.45, 2.75) is 19.4 Å². The van der Waals surface area contributed by atoms with Gasteiger partial charge in [-0.15, -0.1) is 0 Å². The topological polar surface area (TPSA) is 39.3 Å². The summed E-state index contributed by atoms with van der Waals surface area (Å²) in [7, 11) is 0. The van der Waals surface area contributed by atoms with Crippen LogP contribution in [-0.2, 0) is 5.54 Å². The van der Waals surface area contributed by atoms with Crippen LogP contribution in [0.25, 0.3) is 0 Å². The first-order chi connectivity index (χ1) is 8.66. The molecule has 0 aliphatic carbocycles. The predicted octanol–water partition coefficient (Wildman–Crippen LogP) is 2.70. The van der Waals surface area contributed by atoms with Crippen molar-refractivity contribution in [3.8, 4) is 0 Å². The minimum atomic E-state index is -0.482. The zero-order valence-electron chi connectivity index (χ0n) is 10.6. The van der Waals surface area contributed by atoms with Crippen molar-refractivity contribution >= 4 is 5.71 Å².